The molecule has 0 atom stereocenters. The molecule has 3 nitrogen and oxygen atoms in total. The third-order valence-corrected chi connectivity index (χ3v) is 4.25. The first-order chi connectivity index (χ1) is 7.68. The molecule has 0 saturated heterocycles. The molecule has 1 fully saturated rings. The van der Waals surface area contributed by atoms with Gasteiger partial charge in [-0.25, -0.2) is 4.98 Å². The molecule has 5 heteroatoms. The van der Waals surface area contributed by atoms with Crippen molar-refractivity contribution in [1.82, 2.24) is 4.98 Å². The highest BCUT2D eigenvalue weighted by Gasteiger charge is 2.17. The Bertz CT molecular complexity index is 378. The summed E-state index contributed by atoms with van der Waals surface area (Å²) in [6.45, 7) is 0. The lowest BCUT2D eigenvalue weighted by Crippen LogP contribution is -2.23. The van der Waals surface area contributed by atoms with E-state index in [1.54, 1.807) is 6.20 Å². The first-order valence-corrected chi connectivity index (χ1v) is 6.71. The van der Waals surface area contributed by atoms with Gasteiger partial charge in [0.15, 0.2) is 0 Å². The van der Waals surface area contributed by atoms with Crippen molar-refractivity contribution in [3.05, 3.63) is 15.8 Å². The molecule has 1 saturated carbocycles. The van der Waals surface area contributed by atoms with E-state index in [0.717, 1.165) is 10.2 Å². The van der Waals surface area contributed by atoms with Crippen molar-refractivity contribution in [1.29, 1.82) is 0 Å². The first kappa shape index (κ1) is 12.0. The predicted octanol–water partition coefficient (Wildman–Crippen LogP) is 3.82. The lowest BCUT2D eigenvalue weighted by Gasteiger charge is -2.25. The highest BCUT2D eigenvalue weighted by Crippen LogP contribution is 2.35. The third kappa shape index (κ3) is 2.61. The van der Waals surface area contributed by atoms with Gasteiger partial charge in [-0.3, -0.25) is 0 Å². The third-order valence-electron chi connectivity index (χ3n) is 2.96. The number of aromatic nitrogens is 1. The summed E-state index contributed by atoms with van der Waals surface area (Å²) in [7, 11) is 0. The van der Waals surface area contributed by atoms with E-state index in [2.05, 4.69) is 26.2 Å². The van der Waals surface area contributed by atoms with E-state index >= 15 is 0 Å². The summed E-state index contributed by atoms with van der Waals surface area (Å²) in [5.41, 5.74) is 7.42. The molecule has 0 unspecified atom stereocenters. The van der Waals surface area contributed by atoms with Crippen molar-refractivity contribution in [3.8, 4) is 0 Å². The normalized spacial score (nSPS) is 17.4. The Balaban J connectivity index is 2.16. The molecule has 2 rings (SSSR count). The minimum Gasteiger partial charge on any atom is -0.396 e. The zero-order valence-electron chi connectivity index (χ0n) is 8.97. The molecule has 1 aromatic rings. The van der Waals surface area contributed by atoms with E-state index in [1.807, 2.05) is 0 Å². The Morgan fingerprint density at radius 3 is 2.75 bits per heavy atom. The average molecular weight is 305 g/mol. The van der Waals surface area contributed by atoms with Gasteiger partial charge in [0.05, 0.1) is 22.0 Å². The van der Waals surface area contributed by atoms with Crippen LogP contribution in [0.15, 0.2) is 10.7 Å². The van der Waals surface area contributed by atoms with Crippen LogP contribution < -0.4 is 11.1 Å². The smallest absolute Gasteiger partial charge is 0.145 e. The van der Waals surface area contributed by atoms with Crippen molar-refractivity contribution >= 4 is 38.9 Å². The Morgan fingerprint density at radius 2 is 2.06 bits per heavy atom. The fraction of sp³-hybridized carbons (Fsp3) is 0.545. The molecule has 88 valence electrons. The van der Waals surface area contributed by atoms with Gasteiger partial charge in [-0.15, -0.1) is 0 Å². The van der Waals surface area contributed by atoms with Gasteiger partial charge in [-0.2, -0.15) is 0 Å². The van der Waals surface area contributed by atoms with E-state index in [0.29, 0.717) is 16.9 Å². The average Bonchev–Trinajstić information content (AvgIpc) is 2.31. The van der Waals surface area contributed by atoms with Crippen molar-refractivity contribution in [2.24, 2.45) is 0 Å². The minimum atomic E-state index is 0.451. The van der Waals surface area contributed by atoms with Crippen molar-refractivity contribution in [3.63, 3.8) is 0 Å². The maximum atomic E-state index is 5.95. The molecule has 0 radical (unpaired) electrons. The number of rotatable bonds is 2. The molecule has 1 aliphatic rings. The molecule has 1 aliphatic carbocycles. The van der Waals surface area contributed by atoms with Crippen LogP contribution in [-0.4, -0.2) is 11.0 Å². The van der Waals surface area contributed by atoms with Crippen LogP contribution in [0, 0.1) is 0 Å². The number of hydrogen-bond acceptors (Lipinski definition) is 3. The number of nitrogens with zero attached hydrogens (tertiary/aromatic N) is 1. The summed E-state index contributed by atoms with van der Waals surface area (Å²) >= 11 is 9.37. The molecule has 1 aromatic heterocycles. The van der Waals surface area contributed by atoms with Crippen LogP contribution in [0.3, 0.4) is 0 Å². The summed E-state index contributed by atoms with van der Waals surface area (Å²) in [5, 5.41) is 3.91. The summed E-state index contributed by atoms with van der Waals surface area (Å²) in [4.78, 5) is 3.99. The second-order valence-electron chi connectivity index (χ2n) is 4.17. The summed E-state index contributed by atoms with van der Waals surface area (Å²) in [6.07, 6.45) is 7.91. The number of nitrogens with one attached hydrogen (secondary N) is 1. The highest BCUT2D eigenvalue weighted by molar-refractivity contribution is 9.10. The quantitative estimate of drug-likeness (QED) is 0.817. The number of nitrogen functional groups attached to an aromatic ring is 1. The van der Waals surface area contributed by atoms with E-state index in [9.17, 15) is 0 Å². The molecule has 16 heavy (non-hydrogen) atoms. The van der Waals surface area contributed by atoms with Gasteiger partial charge < -0.3 is 11.1 Å². The molecule has 0 amide bonds. The van der Waals surface area contributed by atoms with Gasteiger partial charge in [0, 0.05) is 6.04 Å². The van der Waals surface area contributed by atoms with Gasteiger partial charge in [0.25, 0.3) is 0 Å². The molecule has 0 bridgehead atoms. The standard InChI is InChI=1S/C11H15BrClN3/c12-9-10(8(14)6-15-11(9)13)16-7-4-2-1-3-5-7/h6-7H,1-5,14H2,(H,15,16). The second kappa shape index (κ2) is 5.23. The Labute approximate surface area is 109 Å². The Kier molecular flexibility index (Phi) is 3.92. The van der Waals surface area contributed by atoms with E-state index < -0.39 is 0 Å². The van der Waals surface area contributed by atoms with Gasteiger partial charge >= 0.3 is 0 Å². The van der Waals surface area contributed by atoms with Crippen molar-refractivity contribution < 1.29 is 0 Å². The number of pyridine rings is 1. The maximum Gasteiger partial charge on any atom is 0.145 e. The molecular formula is C11H15BrClN3. The SMILES string of the molecule is Nc1cnc(Cl)c(Br)c1NC1CCCCC1. The van der Waals surface area contributed by atoms with E-state index in [-0.39, 0.29) is 0 Å². The first-order valence-electron chi connectivity index (χ1n) is 5.54. The number of hydrogen-bond donors (Lipinski definition) is 2. The van der Waals surface area contributed by atoms with Gasteiger partial charge in [0.1, 0.15) is 5.15 Å². The molecule has 0 spiro atoms. The van der Waals surface area contributed by atoms with Crippen LogP contribution in [0.4, 0.5) is 11.4 Å². The maximum absolute atomic E-state index is 5.95. The van der Waals surface area contributed by atoms with Crippen LogP contribution in [0.25, 0.3) is 0 Å². The number of nitrogens with two attached hydrogens (primary N) is 1. The topological polar surface area (TPSA) is 50.9 Å². The van der Waals surface area contributed by atoms with Crippen LogP contribution in [0.5, 0.6) is 0 Å². The van der Waals surface area contributed by atoms with Crippen LogP contribution in [-0.2, 0) is 0 Å². The van der Waals surface area contributed by atoms with Crippen LogP contribution in [0.1, 0.15) is 32.1 Å². The van der Waals surface area contributed by atoms with Crippen LogP contribution >= 0.6 is 27.5 Å². The largest absolute Gasteiger partial charge is 0.396 e. The molecular weight excluding hydrogens is 289 g/mol. The van der Waals surface area contributed by atoms with Gasteiger partial charge in [0.2, 0.25) is 0 Å². The predicted molar refractivity (Wildman–Crippen MR) is 71.9 cm³/mol. The lowest BCUT2D eigenvalue weighted by molar-refractivity contribution is 0.462. The zero-order chi connectivity index (χ0) is 11.5. The Morgan fingerprint density at radius 1 is 1.38 bits per heavy atom. The fourth-order valence-electron chi connectivity index (χ4n) is 2.08. The lowest BCUT2D eigenvalue weighted by atomic mass is 9.95. The molecule has 3 N–H and O–H groups in total. The van der Waals surface area contributed by atoms with E-state index in [4.69, 9.17) is 17.3 Å². The second-order valence-corrected chi connectivity index (χ2v) is 5.32. The minimum absolute atomic E-state index is 0.451. The number of anilines is 2. The van der Waals surface area contributed by atoms with Crippen molar-refractivity contribution in [2.45, 2.75) is 38.1 Å². The molecule has 1 heterocycles. The highest BCUT2D eigenvalue weighted by atomic mass is 79.9. The van der Waals surface area contributed by atoms with Crippen LogP contribution in [0.2, 0.25) is 5.15 Å². The summed E-state index contributed by atoms with van der Waals surface area (Å²) < 4.78 is 0.764. The zero-order valence-corrected chi connectivity index (χ0v) is 11.3. The molecule has 0 aliphatic heterocycles. The molecule has 0 aromatic carbocycles. The summed E-state index contributed by atoms with van der Waals surface area (Å²) in [6, 6.07) is 0.505. The van der Waals surface area contributed by atoms with E-state index in [1.165, 1.54) is 32.1 Å². The number of halogens is 2. The van der Waals surface area contributed by atoms with Gasteiger partial charge in [-0.1, -0.05) is 30.9 Å². The monoisotopic (exact) mass is 303 g/mol. The van der Waals surface area contributed by atoms with Crippen molar-refractivity contribution in [2.75, 3.05) is 11.1 Å². The fourth-order valence-corrected chi connectivity index (χ4v) is 2.66. The summed E-state index contributed by atoms with van der Waals surface area (Å²) in [5.74, 6) is 0. The Hall–Kier alpha value is -0.480. The van der Waals surface area contributed by atoms with Gasteiger partial charge in [-0.05, 0) is 28.8 Å².